The summed E-state index contributed by atoms with van der Waals surface area (Å²) in [5, 5.41) is 10.6. The van der Waals surface area contributed by atoms with E-state index in [4.69, 9.17) is 9.47 Å². The summed E-state index contributed by atoms with van der Waals surface area (Å²) in [4.78, 5) is 0. The lowest BCUT2D eigenvalue weighted by atomic mass is 9.78. The van der Waals surface area contributed by atoms with Gasteiger partial charge in [-0.15, -0.1) is 0 Å². The van der Waals surface area contributed by atoms with E-state index >= 15 is 0 Å². The zero-order valence-electron chi connectivity index (χ0n) is 12.0. The Balaban J connectivity index is 1.77. The number of rotatable bonds is 1. The summed E-state index contributed by atoms with van der Waals surface area (Å²) >= 11 is 0. The van der Waals surface area contributed by atoms with E-state index in [1.165, 1.54) is 0 Å². The van der Waals surface area contributed by atoms with Crippen molar-refractivity contribution in [1.82, 2.24) is 0 Å². The Hall–Kier alpha value is -0.120. The van der Waals surface area contributed by atoms with Crippen LogP contribution in [0.4, 0.5) is 0 Å². The molecule has 2 aliphatic heterocycles. The molecule has 3 fully saturated rings. The second-order valence-electron chi connectivity index (χ2n) is 7.25. The zero-order chi connectivity index (χ0) is 13.1. The van der Waals surface area contributed by atoms with Crippen molar-refractivity contribution in [2.45, 2.75) is 82.9 Å². The summed E-state index contributed by atoms with van der Waals surface area (Å²) in [6, 6.07) is 0. The zero-order valence-corrected chi connectivity index (χ0v) is 12.0. The molecular formula is C15H26O3. The minimum atomic E-state index is -0.311. The van der Waals surface area contributed by atoms with Crippen LogP contribution < -0.4 is 0 Å². The molecular weight excluding hydrogens is 228 g/mol. The van der Waals surface area contributed by atoms with Crippen molar-refractivity contribution in [3.63, 3.8) is 0 Å². The highest BCUT2D eigenvalue weighted by Crippen LogP contribution is 2.52. The van der Waals surface area contributed by atoms with Gasteiger partial charge in [0.2, 0.25) is 0 Å². The number of aliphatic hydroxyl groups excluding tert-OH is 1. The van der Waals surface area contributed by atoms with Gasteiger partial charge in [0.25, 0.3) is 0 Å². The normalized spacial score (nSPS) is 55.7. The fourth-order valence-corrected chi connectivity index (χ4v) is 3.76. The molecule has 2 saturated heterocycles. The molecule has 3 rings (SSSR count). The minimum Gasteiger partial charge on any atom is -0.390 e. The van der Waals surface area contributed by atoms with Crippen LogP contribution in [0.2, 0.25) is 0 Å². The second kappa shape index (κ2) is 3.94. The van der Waals surface area contributed by atoms with Gasteiger partial charge in [0.15, 0.2) is 0 Å². The van der Waals surface area contributed by atoms with Crippen LogP contribution in [0.5, 0.6) is 0 Å². The Labute approximate surface area is 110 Å². The van der Waals surface area contributed by atoms with Gasteiger partial charge in [-0.2, -0.15) is 0 Å². The van der Waals surface area contributed by atoms with Crippen LogP contribution in [0, 0.1) is 11.8 Å². The van der Waals surface area contributed by atoms with Gasteiger partial charge in [-0.3, -0.25) is 0 Å². The first-order valence-corrected chi connectivity index (χ1v) is 7.39. The Morgan fingerprint density at radius 1 is 1.06 bits per heavy atom. The van der Waals surface area contributed by atoms with Crippen molar-refractivity contribution in [3.05, 3.63) is 0 Å². The maximum atomic E-state index is 10.6. The maximum absolute atomic E-state index is 10.6. The van der Waals surface area contributed by atoms with E-state index in [2.05, 4.69) is 27.7 Å². The van der Waals surface area contributed by atoms with E-state index in [0.29, 0.717) is 17.9 Å². The molecule has 18 heavy (non-hydrogen) atoms. The quantitative estimate of drug-likeness (QED) is 0.731. The molecule has 104 valence electrons. The summed E-state index contributed by atoms with van der Waals surface area (Å²) in [6.45, 7) is 8.76. The van der Waals surface area contributed by atoms with Gasteiger partial charge in [0, 0.05) is 0 Å². The Bertz CT molecular complexity index is 343. The van der Waals surface area contributed by atoms with E-state index in [1.54, 1.807) is 0 Å². The monoisotopic (exact) mass is 254 g/mol. The summed E-state index contributed by atoms with van der Waals surface area (Å²) in [7, 11) is 0. The van der Waals surface area contributed by atoms with Crippen molar-refractivity contribution in [2.75, 3.05) is 0 Å². The Morgan fingerprint density at radius 2 is 1.72 bits per heavy atom. The van der Waals surface area contributed by atoms with Gasteiger partial charge < -0.3 is 14.6 Å². The summed E-state index contributed by atoms with van der Waals surface area (Å²) in [6.07, 6.45) is 4.36. The highest BCUT2D eigenvalue weighted by Gasteiger charge is 2.61. The highest BCUT2D eigenvalue weighted by molar-refractivity contribution is 5.09. The second-order valence-corrected chi connectivity index (χ2v) is 7.25. The first-order valence-electron chi connectivity index (χ1n) is 7.39. The van der Waals surface area contributed by atoms with Crippen LogP contribution in [0.15, 0.2) is 0 Å². The first-order chi connectivity index (χ1) is 8.36. The highest BCUT2D eigenvalue weighted by atomic mass is 16.6. The molecule has 0 aromatic carbocycles. The lowest BCUT2D eigenvalue weighted by molar-refractivity contribution is 0.0461. The number of epoxide rings is 2. The molecule has 1 aliphatic carbocycles. The van der Waals surface area contributed by atoms with Crippen molar-refractivity contribution in [1.29, 1.82) is 0 Å². The van der Waals surface area contributed by atoms with Crippen LogP contribution in [0.25, 0.3) is 0 Å². The number of hydrogen-bond donors (Lipinski definition) is 1. The van der Waals surface area contributed by atoms with Crippen molar-refractivity contribution in [3.8, 4) is 0 Å². The summed E-state index contributed by atoms with van der Waals surface area (Å²) < 4.78 is 11.7. The van der Waals surface area contributed by atoms with Crippen molar-refractivity contribution < 1.29 is 14.6 Å². The predicted octanol–water partition coefficient (Wildman–Crippen LogP) is 2.51. The van der Waals surface area contributed by atoms with Crippen LogP contribution in [0.1, 0.15) is 53.4 Å². The largest absolute Gasteiger partial charge is 0.390 e. The lowest BCUT2D eigenvalue weighted by Gasteiger charge is -2.27. The van der Waals surface area contributed by atoms with Crippen LogP contribution in [-0.2, 0) is 9.47 Å². The number of ether oxygens (including phenoxy) is 2. The fourth-order valence-electron chi connectivity index (χ4n) is 3.76. The smallest absolute Gasteiger partial charge is 0.113 e. The molecule has 1 saturated carbocycles. The number of hydrogen-bond acceptors (Lipinski definition) is 3. The van der Waals surface area contributed by atoms with E-state index in [-0.39, 0.29) is 23.4 Å². The van der Waals surface area contributed by atoms with E-state index in [0.717, 1.165) is 25.7 Å². The molecule has 0 aromatic heterocycles. The molecule has 0 unspecified atom stereocenters. The molecule has 3 heteroatoms. The van der Waals surface area contributed by atoms with Crippen molar-refractivity contribution >= 4 is 0 Å². The molecule has 3 nitrogen and oxygen atoms in total. The Morgan fingerprint density at radius 3 is 2.39 bits per heavy atom. The number of fused-ring (bicyclic) bond motifs is 2. The molecule has 6 atom stereocenters. The van der Waals surface area contributed by atoms with Gasteiger partial charge in [-0.25, -0.2) is 0 Å². The molecule has 0 spiro atoms. The fraction of sp³-hybridized carbons (Fsp3) is 1.00. The lowest BCUT2D eigenvalue weighted by Crippen LogP contribution is -2.35. The first kappa shape index (κ1) is 12.9. The molecule has 0 aromatic rings. The molecule has 0 radical (unpaired) electrons. The topological polar surface area (TPSA) is 45.3 Å². The third-order valence-corrected chi connectivity index (χ3v) is 5.46. The SMILES string of the molecule is CC(C)[C@@H]1CC[C@@]2(C)O[C@H]2CC[C@]2(C)O[C@@H]2[C@@H]1O. The summed E-state index contributed by atoms with van der Waals surface area (Å²) in [5.74, 6) is 0.824. The number of aliphatic hydroxyl groups is 1. The van der Waals surface area contributed by atoms with E-state index in [1.807, 2.05) is 0 Å². The molecule has 3 aliphatic rings. The van der Waals surface area contributed by atoms with Crippen LogP contribution >= 0.6 is 0 Å². The third kappa shape index (κ3) is 2.00. The average molecular weight is 254 g/mol. The minimum absolute atomic E-state index is 0.0491. The van der Waals surface area contributed by atoms with Gasteiger partial charge >= 0.3 is 0 Å². The summed E-state index contributed by atoms with van der Waals surface area (Å²) in [5.41, 5.74) is -0.0261. The predicted molar refractivity (Wildman–Crippen MR) is 69.4 cm³/mol. The van der Waals surface area contributed by atoms with Gasteiger partial charge in [-0.1, -0.05) is 13.8 Å². The average Bonchev–Trinajstić information content (AvgIpc) is 3.12. The van der Waals surface area contributed by atoms with Gasteiger partial charge in [0.1, 0.15) is 6.10 Å². The van der Waals surface area contributed by atoms with Gasteiger partial charge in [0.05, 0.1) is 23.4 Å². The maximum Gasteiger partial charge on any atom is 0.113 e. The van der Waals surface area contributed by atoms with E-state index < -0.39 is 0 Å². The third-order valence-electron chi connectivity index (χ3n) is 5.46. The van der Waals surface area contributed by atoms with Crippen molar-refractivity contribution in [2.24, 2.45) is 11.8 Å². The van der Waals surface area contributed by atoms with Crippen LogP contribution in [-0.4, -0.2) is 34.6 Å². The molecule has 1 N–H and O–H groups in total. The molecule has 2 heterocycles. The van der Waals surface area contributed by atoms with Crippen LogP contribution in [0.3, 0.4) is 0 Å². The molecule has 0 amide bonds. The molecule has 0 bridgehead atoms. The van der Waals surface area contributed by atoms with E-state index in [9.17, 15) is 5.11 Å². The standard InChI is InChI=1S/C15H26O3/c1-9(2)10-5-7-14(3)11(17-14)6-8-15(4)13(18-15)12(10)16/h9-13,16H,5-8H2,1-4H3/t10-,11-,12+,13+,14+,15-/m0/s1. The Kier molecular flexibility index (Phi) is 2.82. The van der Waals surface area contributed by atoms with Gasteiger partial charge in [-0.05, 0) is 51.4 Å².